The highest BCUT2D eigenvalue weighted by molar-refractivity contribution is 7.19. The quantitative estimate of drug-likeness (QED) is 0.537. The van der Waals surface area contributed by atoms with E-state index in [1.807, 2.05) is 13.0 Å². The van der Waals surface area contributed by atoms with Crippen LogP contribution in [-0.2, 0) is 6.54 Å². The monoisotopic (exact) mass is 391 g/mol. The van der Waals surface area contributed by atoms with Crippen LogP contribution in [0.5, 0.6) is 0 Å². The maximum atomic E-state index is 6.34. The zero-order chi connectivity index (χ0) is 15.9. The Morgan fingerprint density at radius 3 is 2.59 bits per heavy atom. The Kier molecular flexibility index (Phi) is 4.67. The van der Waals surface area contributed by atoms with Crippen LogP contribution in [0.2, 0.25) is 20.4 Å². The maximum Gasteiger partial charge on any atom is 0.225 e. The molecule has 0 saturated heterocycles. The van der Waals surface area contributed by atoms with Crippen LogP contribution in [0, 0.1) is 6.92 Å². The Labute approximate surface area is 151 Å². The second-order valence-corrected chi connectivity index (χ2v) is 7.33. The fraction of sp³-hybridized carbons (Fsp3) is 0.143. The molecule has 3 nitrogen and oxygen atoms in total. The Morgan fingerprint density at radius 2 is 1.86 bits per heavy atom. The van der Waals surface area contributed by atoms with Crippen molar-refractivity contribution in [2.45, 2.75) is 13.5 Å². The molecular formula is C14H9Cl4N3S. The van der Waals surface area contributed by atoms with E-state index in [-0.39, 0.29) is 5.28 Å². The molecule has 0 aliphatic rings. The van der Waals surface area contributed by atoms with Gasteiger partial charge in [-0.1, -0.05) is 40.9 Å². The summed E-state index contributed by atoms with van der Waals surface area (Å²) >= 11 is 25.7. The molecule has 2 heterocycles. The molecular weight excluding hydrogens is 384 g/mol. The summed E-state index contributed by atoms with van der Waals surface area (Å²) in [5, 5.41) is 5.88. The molecule has 0 radical (unpaired) electrons. The fourth-order valence-corrected chi connectivity index (χ4v) is 3.82. The van der Waals surface area contributed by atoms with Crippen molar-refractivity contribution in [3.05, 3.63) is 49.0 Å². The number of hydrogen-bond acceptors (Lipinski definition) is 4. The first-order chi connectivity index (χ1) is 10.5. The highest BCUT2D eigenvalue weighted by atomic mass is 35.5. The van der Waals surface area contributed by atoms with Crippen molar-refractivity contribution < 1.29 is 0 Å². The summed E-state index contributed by atoms with van der Waals surface area (Å²) in [7, 11) is 0. The summed E-state index contributed by atoms with van der Waals surface area (Å²) in [6, 6.07) is 5.45. The van der Waals surface area contributed by atoms with Crippen LogP contribution in [0.3, 0.4) is 0 Å². The van der Waals surface area contributed by atoms with Crippen LogP contribution in [0.4, 0.5) is 5.82 Å². The molecule has 0 aliphatic heterocycles. The first kappa shape index (κ1) is 16.1. The Bertz CT molecular complexity index is 863. The minimum absolute atomic E-state index is 0.182. The van der Waals surface area contributed by atoms with Crippen LogP contribution in [0.15, 0.2) is 18.2 Å². The summed E-state index contributed by atoms with van der Waals surface area (Å²) in [5.41, 5.74) is 0.973. The van der Waals surface area contributed by atoms with Gasteiger partial charge in [-0.15, -0.1) is 11.3 Å². The maximum absolute atomic E-state index is 6.34. The minimum atomic E-state index is 0.182. The molecule has 1 N–H and O–H groups in total. The number of fused-ring (bicyclic) bond motifs is 1. The van der Waals surface area contributed by atoms with E-state index >= 15 is 0 Å². The number of anilines is 1. The second-order valence-electron chi connectivity index (χ2n) is 4.60. The Balaban J connectivity index is 1.94. The van der Waals surface area contributed by atoms with E-state index in [9.17, 15) is 0 Å². The molecule has 22 heavy (non-hydrogen) atoms. The Morgan fingerprint density at radius 1 is 1.09 bits per heavy atom. The van der Waals surface area contributed by atoms with E-state index in [0.29, 0.717) is 27.4 Å². The average molecular weight is 393 g/mol. The van der Waals surface area contributed by atoms with Crippen molar-refractivity contribution >= 4 is 73.8 Å². The number of aryl methyl sites for hydroxylation is 1. The molecule has 0 aliphatic carbocycles. The third-order valence-electron chi connectivity index (χ3n) is 3.07. The molecule has 2 aromatic heterocycles. The molecule has 3 aromatic rings. The molecule has 0 atom stereocenters. The molecule has 0 bridgehead atoms. The molecule has 8 heteroatoms. The van der Waals surface area contributed by atoms with Crippen LogP contribution in [0.25, 0.3) is 10.2 Å². The summed E-state index contributed by atoms with van der Waals surface area (Å²) < 4.78 is 0. The molecule has 3 rings (SSSR count). The van der Waals surface area contributed by atoms with E-state index in [4.69, 9.17) is 46.4 Å². The molecule has 1 aromatic carbocycles. The molecule has 0 spiro atoms. The van der Waals surface area contributed by atoms with E-state index < -0.39 is 0 Å². The second kappa shape index (κ2) is 6.38. The summed E-state index contributed by atoms with van der Waals surface area (Å²) in [6.45, 7) is 2.45. The standard InChI is InChI=1S/C14H9Cl4N3S/c1-6-11(17)10-12(20-14(18)21-13(10)22-6)19-5-7-2-3-8(15)9(16)4-7/h2-4H,5H2,1H3,(H,19,20,21). The smallest absolute Gasteiger partial charge is 0.225 e. The van der Waals surface area contributed by atoms with Gasteiger partial charge in [0.15, 0.2) is 0 Å². The Hall–Kier alpha value is -0.780. The molecule has 114 valence electrons. The van der Waals surface area contributed by atoms with Gasteiger partial charge in [0, 0.05) is 11.4 Å². The van der Waals surface area contributed by atoms with Crippen LogP contribution < -0.4 is 5.32 Å². The topological polar surface area (TPSA) is 37.8 Å². The minimum Gasteiger partial charge on any atom is -0.365 e. The van der Waals surface area contributed by atoms with Crippen molar-refractivity contribution in [1.82, 2.24) is 9.97 Å². The summed E-state index contributed by atoms with van der Waals surface area (Å²) in [4.78, 5) is 10.2. The van der Waals surface area contributed by atoms with Crippen LogP contribution in [0.1, 0.15) is 10.4 Å². The highest BCUT2D eigenvalue weighted by Crippen LogP contribution is 2.38. The molecule has 0 fully saturated rings. The lowest BCUT2D eigenvalue weighted by molar-refractivity contribution is 1.11. The lowest BCUT2D eigenvalue weighted by Crippen LogP contribution is -2.02. The lowest BCUT2D eigenvalue weighted by Gasteiger charge is -2.08. The van der Waals surface area contributed by atoms with Crippen LogP contribution >= 0.6 is 57.7 Å². The van der Waals surface area contributed by atoms with Crippen molar-refractivity contribution in [2.75, 3.05) is 5.32 Å². The number of benzene rings is 1. The number of nitrogens with one attached hydrogen (secondary N) is 1. The summed E-state index contributed by atoms with van der Waals surface area (Å²) in [6.07, 6.45) is 0. The number of halogens is 4. The van der Waals surface area contributed by atoms with Gasteiger partial charge in [-0.25, -0.2) is 9.97 Å². The number of aromatic nitrogens is 2. The van der Waals surface area contributed by atoms with Gasteiger partial charge in [0.1, 0.15) is 10.6 Å². The first-order valence-corrected chi connectivity index (χ1v) is 8.58. The number of nitrogens with zero attached hydrogens (tertiary/aromatic N) is 2. The van der Waals surface area contributed by atoms with Gasteiger partial charge in [0.05, 0.1) is 20.5 Å². The molecule has 0 amide bonds. The fourth-order valence-electron chi connectivity index (χ4n) is 2.01. The van der Waals surface area contributed by atoms with Crippen molar-refractivity contribution in [3.63, 3.8) is 0 Å². The van der Waals surface area contributed by atoms with Crippen molar-refractivity contribution in [3.8, 4) is 0 Å². The SMILES string of the molecule is Cc1sc2nc(Cl)nc(NCc3ccc(Cl)c(Cl)c3)c2c1Cl. The van der Waals surface area contributed by atoms with Gasteiger partial charge in [-0.2, -0.15) is 0 Å². The average Bonchev–Trinajstić information content (AvgIpc) is 2.75. The normalized spacial score (nSPS) is 11.1. The largest absolute Gasteiger partial charge is 0.365 e. The zero-order valence-electron chi connectivity index (χ0n) is 11.3. The van der Waals surface area contributed by atoms with Gasteiger partial charge in [0.25, 0.3) is 0 Å². The van der Waals surface area contributed by atoms with E-state index in [1.165, 1.54) is 11.3 Å². The van der Waals surface area contributed by atoms with E-state index in [1.54, 1.807) is 12.1 Å². The first-order valence-electron chi connectivity index (χ1n) is 6.25. The van der Waals surface area contributed by atoms with Crippen molar-refractivity contribution in [1.29, 1.82) is 0 Å². The predicted octanol–water partition coefficient (Wildman–Crippen LogP) is 6.23. The molecule has 0 saturated carbocycles. The van der Waals surface area contributed by atoms with Gasteiger partial charge in [-0.05, 0) is 36.2 Å². The number of hydrogen-bond donors (Lipinski definition) is 1. The number of rotatable bonds is 3. The third-order valence-corrected chi connectivity index (χ3v) is 5.56. The van der Waals surface area contributed by atoms with Crippen LogP contribution in [-0.4, -0.2) is 9.97 Å². The highest BCUT2D eigenvalue weighted by Gasteiger charge is 2.15. The third kappa shape index (κ3) is 3.12. The zero-order valence-corrected chi connectivity index (χ0v) is 15.1. The lowest BCUT2D eigenvalue weighted by atomic mass is 10.2. The van der Waals surface area contributed by atoms with Gasteiger partial charge < -0.3 is 5.32 Å². The summed E-state index contributed by atoms with van der Waals surface area (Å²) in [5.74, 6) is 0.607. The van der Waals surface area contributed by atoms with E-state index in [0.717, 1.165) is 20.7 Å². The van der Waals surface area contributed by atoms with Gasteiger partial charge in [0.2, 0.25) is 5.28 Å². The van der Waals surface area contributed by atoms with E-state index in [2.05, 4.69) is 15.3 Å². The molecule has 0 unspecified atom stereocenters. The predicted molar refractivity (Wildman–Crippen MR) is 96.0 cm³/mol. The van der Waals surface area contributed by atoms with Gasteiger partial charge >= 0.3 is 0 Å². The van der Waals surface area contributed by atoms with Gasteiger partial charge in [-0.3, -0.25) is 0 Å². The number of thiophene rings is 1. The van der Waals surface area contributed by atoms with Crippen molar-refractivity contribution in [2.24, 2.45) is 0 Å².